The van der Waals surface area contributed by atoms with E-state index in [2.05, 4.69) is 42.5 Å². The van der Waals surface area contributed by atoms with Gasteiger partial charge in [0.2, 0.25) is 5.95 Å². The van der Waals surface area contributed by atoms with E-state index in [0.29, 0.717) is 18.1 Å². The molecule has 0 fully saturated rings. The molecule has 2 N–H and O–H groups in total. The van der Waals surface area contributed by atoms with E-state index in [0.717, 1.165) is 47.7 Å². The Labute approximate surface area is 168 Å². The molecule has 0 atom stereocenters. The van der Waals surface area contributed by atoms with Crippen molar-refractivity contribution >= 4 is 22.8 Å². The Morgan fingerprint density at radius 2 is 2.03 bits per heavy atom. The highest BCUT2D eigenvalue weighted by Gasteiger charge is 2.24. The molecule has 0 aliphatic carbocycles. The molecule has 0 saturated heterocycles. The first-order valence-corrected chi connectivity index (χ1v) is 9.56. The third-order valence-electron chi connectivity index (χ3n) is 5.11. The van der Waals surface area contributed by atoms with Crippen LogP contribution in [0, 0.1) is 0 Å². The predicted octanol–water partition coefficient (Wildman–Crippen LogP) is 2.93. The largest absolute Gasteiger partial charge is 0.497 e. The van der Waals surface area contributed by atoms with Crippen LogP contribution in [0.1, 0.15) is 16.8 Å². The SMILES string of the molecule is COc1ccc(CN2CCc3[nH]nc4nc(NCc5cccnc5)nc2c34)cc1. The highest BCUT2D eigenvalue weighted by molar-refractivity contribution is 5.91. The molecule has 0 amide bonds. The van der Waals surface area contributed by atoms with Crippen LogP contribution < -0.4 is 15.0 Å². The number of hydrogen-bond donors (Lipinski definition) is 2. The quantitative estimate of drug-likeness (QED) is 0.525. The van der Waals surface area contributed by atoms with Crippen molar-refractivity contribution in [2.45, 2.75) is 19.5 Å². The summed E-state index contributed by atoms with van der Waals surface area (Å²) in [5.74, 6) is 2.33. The fraction of sp³-hybridized carbons (Fsp3) is 0.238. The summed E-state index contributed by atoms with van der Waals surface area (Å²) in [7, 11) is 1.68. The van der Waals surface area contributed by atoms with Crippen LogP contribution in [0.15, 0.2) is 48.8 Å². The summed E-state index contributed by atoms with van der Waals surface area (Å²) >= 11 is 0. The highest BCUT2D eigenvalue weighted by Crippen LogP contribution is 2.32. The van der Waals surface area contributed by atoms with Gasteiger partial charge in [-0.05, 0) is 29.3 Å². The maximum Gasteiger partial charge on any atom is 0.227 e. The molecule has 8 nitrogen and oxygen atoms in total. The van der Waals surface area contributed by atoms with E-state index in [-0.39, 0.29) is 0 Å². The first-order valence-electron chi connectivity index (χ1n) is 9.56. The lowest BCUT2D eigenvalue weighted by Crippen LogP contribution is -2.29. The van der Waals surface area contributed by atoms with Crippen molar-refractivity contribution in [1.82, 2.24) is 25.1 Å². The summed E-state index contributed by atoms with van der Waals surface area (Å²) < 4.78 is 5.26. The van der Waals surface area contributed by atoms with Crippen molar-refractivity contribution < 1.29 is 4.74 Å². The molecule has 0 bridgehead atoms. The van der Waals surface area contributed by atoms with Gasteiger partial charge in [-0.15, -0.1) is 0 Å². The first kappa shape index (κ1) is 17.4. The summed E-state index contributed by atoms with van der Waals surface area (Å²) in [6, 6.07) is 12.1. The van der Waals surface area contributed by atoms with Crippen molar-refractivity contribution in [1.29, 1.82) is 0 Å². The Kier molecular flexibility index (Phi) is 4.44. The van der Waals surface area contributed by atoms with Gasteiger partial charge in [-0.25, -0.2) is 0 Å². The zero-order chi connectivity index (χ0) is 19.6. The second kappa shape index (κ2) is 7.38. The Morgan fingerprint density at radius 3 is 2.83 bits per heavy atom. The lowest BCUT2D eigenvalue weighted by Gasteiger charge is -2.28. The molecule has 0 unspecified atom stereocenters. The minimum atomic E-state index is 0.566. The molecule has 8 heteroatoms. The van der Waals surface area contributed by atoms with E-state index < -0.39 is 0 Å². The average Bonchev–Trinajstić information content (AvgIpc) is 3.19. The number of H-pyrrole nitrogens is 1. The Balaban J connectivity index is 1.44. The highest BCUT2D eigenvalue weighted by atomic mass is 16.5. The van der Waals surface area contributed by atoms with Gasteiger partial charge in [0.15, 0.2) is 5.65 Å². The standard InChI is InChI=1S/C21H21N7O/c1-29-16-6-4-14(5-7-16)13-28-10-8-17-18-19(27-26-17)24-21(25-20(18)28)23-12-15-3-2-9-22-11-15/h2-7,9,11H,8,10,12-13H2,1H3,(H2,23,24,25,26,27). The maximum absolute atomic E-state index is 5.26. The number of methoxy groups -OCH3 is 1. The number of aromatic amines is 1. The molecular formula is C21H21N7O. The Bertz CT molecular complexity index is 1130. The summed E-state index contributed by atoms with van der Waals surface area (Å²) in [5, 5.41) is 11.8. The predicted molar refractivity (Wildman–Crippen MR) is 111 cm³/mol. The van der Waals surface area contributed by atoms with E-state index in [1.165, 1.54) is 5.56 Å². The van der Waals surface area contributed by atoms with Crippen LogP contribution in [0.2, 0.25) is 0 Å². The van der Waals surface area contributed by atoms with Crippen molar-refractivity contribution in [2.24, 2.45) is 0 Å². The summed E-state index contributed by atoms with van der Waals surface area (Å²) in [4.78, 5) is 15.8. The van der Waals surface area contributed by atoms with Gasteiger partial charge >= 0.3 is 0 Å². The van der Waals surface area contributed by atoms with E-state index in [9.17, 15) is 0 Å². The van der Waals surface area contributed by atoms with Gasteiger partial charge < -0.3 is 15.0 Å². The van der Waals surface area contributed by atoms with Gasteiger partial charge in [0, 0.05) is 38.4 Å². The van der Waals surface area contributed by atoms with Gasteiger partial charge in [-0.1, -0.05) is 18.2 Å². The Hall–Kier alpha value is -3.68. The van der Waals surface area contributed by atoms with Gasteiger partial charge in [-0.2, -0.15) is 15.1 Å². The first-order chi connectivity index (χ1) is 14.3. The third-order valence-corrected chi connectivity index (χ3v) is 5.11. The van der Waals surface area contributed by atoms with Gasteiger partial charge in [0.25, 0.3) is 0 Å². The average molecular weight is 387 g/mol. The molecule has 4 heterocycles. The maximum atomic E-state index is 5.26. The normalized spacial score (nSPS) is 12.9. The molecule has 5 rings (SSSR count). The van der Waals surface area contributed by atoms with Crippen LogP contribution >= 0.6 is 0 Å². The Morgan fingerprint density at radius 1 is 1.14 bits per heavy atom. The molecular weight excluding hydrogens is 366 g/mol. The molecule has 4 aromatic rings. The van der Waals surface area contributed by atoms with Crippen LogP contribution in [-0.2, 0) is 19.5 Å². The number of benzene rings is 1. The third kappa shape index (κ3) is 3.44. The fourth-order valence-corrected chi connectivity index (χ4v) is 3.60. The summed E-state index contributed by atoms with van der Waals surface area (Å²) in [6.45, 7) is 2.24. The number of ether oxygens (including phenoxy) is 1. The molecule has 146 valence electrons. The van der Waals surface area contributed by atoms with Gasteiger partial charge in [-0.3, -0.25) is 10.1 Å². The van der Waals surface area contributed by atoms with Crippen LogP contribution in [0.25, 0.3) is 11.0 Å². The lowest BCUT2D eigenvalue weighted by atomic mass is 10.1. The number of pyridine rings is 1. The second-order valence-corrected chi connectivity index (χ2v) is 7.01. The zero-order valence-electron chi connectivity index (χ0n) is 16.1. The summed E-state index contributed by atoms with van der Waals surface area (Å²) in [5.41, 5.74) is 4.06. The van der Waals surface area contributed by atoms with Gasteiger partial charge in [0.05, 0.1) is 18.2 Å². The van der Waals surface area contributed by atoms with Crippen LogP contribution in [-0.4, -0.2) is 38.8 Å². The number of anilines is 2. The zero-order valence-corrected chi connectivity index (χ0v) is 16.1. The number of hydrogen-bond acceptors (Lipinski definition) is 7. The number of nitrogens with one attached hydrogen (secondary N) is 2. The molecule has 1 aliphatic rings. The van der Waals surface area contributed by atoms with E-state index >= 15 is 0 Å². The van der Waals surface area contributed by atoms with Gasteiger partial charge in [0.1, 0.15) is 11.6 Å². The van der Waals surface area contributed by atoms with Crippen molar-refractivity contribution in [3.8, 4) is 5.75 Å². The summed E-state index contributed by atoms with van der Waals surface area (Å²) in [6.07, 6.45) is 4.49. The minimum absolute atomic E-state index is 0.566. The molecule has 1 aliphatic heterocycles. The molecule has 1 aromatic carbocycles. The molecule has 3 aromatic heterocycles. The monoisotopic (exact) mass is 387 g/mol. The van der Waals surface area contributed by atoms with Crippen LogP contribution in [0.5, 0.6) is 5.75 Å². The smallest absolute Gasteiger partial charge is 0.227 e. The molecule has 0 radical (unpaired) electrons. The fourth-order valence-electron chi connectivity index (χ4n) is 3.60. The van der Waals surface area contributed by atoms with E-state index in [1.807, 2.05) is 30.5 Å². The van der Waals surface area contributed by atoms with Crippen molar-refractivity contribution in [3.05, 3.63) is 65.6 Å². The molecule has 0 saturated carbocycles. The second-order valence-electron chi connectivity index (χ2n) is 7.01. The van der Waals surface area contributed by atoms with Crippen LogP contribution in [0.4, 0.5) is 11.8 Å². The lowest BCUT2D eigenvalue weighted by molar-refractivity contribution is 0.414. The van der Waals surface area contributed by atoms with Crippen molar-refractivity contribution in [2.75, 3.05) is 23.9 Å². The van der Waals surface area contributed by atoms with E-state index in [4.69, 9.17) is 9.72 Å². The van der Waals surface area contributed by atoms with Crippen molar-refractivity contribution in [3.63, 3.8) is 0 Å². The number of rotatable bonds is 6. The number of aromatic nitrogens is 5. The molecule has 0 spiro atoms. The minimum Gasteiger partial charge on any atom is -0.497 e. The molecule has 29 heavy (non-hydrogen) atoms. The topological polar surface area (TPSA) is 91.8 Å². The van der Waals surface area contributed by atoms with Crippen LogP contribution in [0.3, 0.4) is 0 Å². The number of nitrogens with zero attached hydrogens (tertiary/aromatic N) is 5. The van der Waals surface area contributed by atoms with E-state index in [1.54, 1.807) is 13.3 Å².